The highest BCUT2D eigenvalue weighted by molar-refractivity contribution is 5.78. The van der Waals surface area contributed by atoms with E-state index in [-0.39, 0.29) is 0 Å². The lowest BCUT2D eigenvalue weighted by atomic mass is 10.1. The summed E-state index contributed by atoms with van der Waals surface area (Å²) in [4.78, 5) is 15.0. The molecule has 4 heteroatoms. The van der Waals surface area contributed by atoms with Crippen LogP contribution >= 0.6 is 0 Å². The third kappa shape index (κ3) is 1.48. The van der Waals surface area contributed by atoms with E-state index in [2.05, 4.69) is 4.98 Å². The van der Waals surface area contributed by atoms with Gasteiger partial charge in [0, 0.05) is 12.0 Å². The summed E-state index contributed by atoms with van der Waals surface area (Å²) in [6.07, 6.45) is 1.53. The maximum absolute atomic E-state index is 10.7. The molecule has 0 unspecified atom stereocenters. The van der Waals surface area contributed by atoms with E-state index in [4.69, 9.17) is 9.47 Å². The molecular weight excluding hydrogens is 182 g/mol. The zero-order valence-corrected chi connectivity index (χ0v) is 7.95. The van der Waals surface area contributed by atoms with Crippen LogP contribution in [0.25, 0.3) is 0 Å². The lowest BCUT2D eigenvalue weighted by molar-refractivity contribution is 0.107. The second kappa shape index (κ2) is 3.75. The fourth-order valence-corrected chi connectivity index (χ4v) is 1.53. The summed E-state index contributed by atoms with van der Waals surface area (Å²) < 4.78 is 10.3. The molecule has 0 atom stereocenters. The number of carbonyl (C=O) groups is 1. The first kappa shape index (κ1) is 9.15. The average molecular weight is 193 g/mol. The van der Waals surface area contributed by atoms with Crippen molar-refractivity contribution in [3.8, 4) is 5.88 Å². The number of carbonyl (C=O) groups excluding carboxylic acids is 1. The van der Waals surface area contributed by atoms with Gasteiger partial charge in [-0.3, -0.25) is 4.79 Å². The Morgan fingerprint density at radius 3 is 3.21 bits per heavy atom. The van der Waals surface area contributed by atoms with Crippen LogP contribution < -0.4 is 4.74 Å². The molecule has 1 aromatic rings. The highest BCUT2D eigenvalue weighted by atomic mass is 16.5. The Balaban J connectivity index is 2.48. The number of methoxy groups -OCH3 is 1. The molecule has 1 aliphatic rings. The molecule has 1 aliphatic heterocycles. The van der Waals surface area contributed by atoms with E-state index in [1.807, 2.05) is 0 Å². The molecule has 1 aromatic heterocycles. The maximum Gasteiger partial charge on any atom is 0.224 e. The molecule has 0 aliphatic carbocycles. The average Bonchev–Trinajstić information content (AvgIpc) is 2.27. The summed E-state index contributed by atoms with van der Waals surface area (Å²) in [6.45, 7) is 1.22. The van der Waals surface area contributed by atoms with Gasteiger partial charge in [-0.1, -0.05) is 0 Å². The number of rotatable bonds is 2. The third-order valence-electron chi connectivity index (χ3n) is 2.24. The minimum atomic E-state index is 0.403. The second-order valence-electron chi connectivity index (χ2n) is 3.11. The van der Waals surface area contributed by atoms with Crippen LogP contribution in [0.4, 0.5) is 0 Å². The minimum absolute atomic E-state index is 0.403. The third-order valence-corrected chi connectivity index (χ3v) is 2.24. The van der Waals surface area contributed by atoms with Crippen molar-refractivity contribution in [3.05, 3.63) is 22.9 Å². The monoisotopic (exact) mass is 193 g/mol. The Bertz CT molecular complexity index is 363. The largest absolute Gasteiger partial charge is 0.480 e. The van der Waals surface area contributed by atoms with Gasteiger partial charge >= 0.3 is 0 Å². The number of hydrogen-bond acceptors (Lipinski definition) is 4. The SMILES string of the molecule is COc1nc2c(cc1C=O)COCC2. The van der Waals surface area contributed by atoms with E-state index in [1.54, 1.807) is 6.07 Å². The summed E-state index contributed by atoms with van der Waals surface area (Å²) in [5, 5.41) is 0. The molecule has 0 amide bonds. The van der Waals surface area contributed by atoms with Crippen molar-refractivity contribution in [2.75, 3.05) is 13.7 Å². The van der Waals surface area contributed by atoms with Crippen LogP contribution in [0, 0.1) is 0 Å². The lowest BCUT2D eigenvalue weighted by Gasteiger charge is -2.16. The maximum atomic E-state index is 10.7. The van der Waals surface area contributed by atoms with E-state index >= 15 is 0 Å². The fourth-order valence-electron chi connectivity index (χ4n) is 1.53. The summed E-state index contributed by atoms with van der Waals surface area (Å²) in [7, 11) is 1.51. The summed E-state index contributed by atoms with van der Waals surface area (Å²) in [6, 6.07) is 1.79. The molecule has 4 nitrogen and oxygen atoms in total. The Labute approximate surface area is 81.9 Å². The molecule has 0 saturated carbocycles. The molecule has 14 heavy (non-hydrogen) atoms. The number of ether oxygens (including phenoxy) is 2. The van der Waals surface area contributed by atoms with Crippen molar-refractivity contribution in [3.63, 3.8) is 0 Å². The molecule has 0 fully saturated rings. The Morgan fingerprint density at radius 2 is 2.50 bits per heavy atom. The second-order valence-corrected chi connectivity index (χ2v) is 3.11. The van der Waals surface area contributed by atoms with E-state index in [0.29, 0.717) is 24.7 Å². The molecule has 0 saturated heterocycles. The van der Waals surface area contributed by atoms with Crippen molar-refractivity contribution in [2.45, 2.75) is 13.0 Å². The smallest absolute Gasteiger partial charge is 0.224 e. The van der Waals surface area contributed by atoms with Crippen LogP contribution in [-0.4, -0.2) is 25.0 Å². The standard InChI is InChI=1S/C10H11NO3/c1-13-10-7(5-12)4-8-6-14-3-2-9(8)11-10/h4-5H,2-3,6H2,1H3. The first-order valence-corrected chi connectivity index (χ1v) is 4.45. The lowest BCUT2D eigenvalue weighted by Crippen LogP contribution is -2.13. The number of fused-ring (bicyclic) bond motifs is 1. The van der Waals surface area contributed by atoms with Crippen LogP contribution in [0.1, 0.15) is 21.6 Å². The summed E-state index contributed by atoms with van der Waals surface area (Å²) in [5.41, 5.74) is 2.44. The van der Waals surface area contributed by atoms with Gasteiger partial charge in [-0.05, 0) is 6.07 Å². The highest BCUT2D eigenvalue weighted by Crippen LogP contribution is 2.21. The van der Waals surface area contributed by atoms with Gasteiger partial charge in [-0.25, -0.2) is 4.98 Å². The van der Waals surface area contributed by atoms with E-state index < -0.39 is 0 Å². The number of aldehydes is 1. The van der Waals surface area contributed by atoms with Crippen molar-refractivity contribution in [1.82, 2.24) is 4.98 Å². The number of hydrogen-bond donors (Lipinski definition) is 0. The van der Waals surface area contributed by atoms with Crippen LogP contribution in [0.5, 0.6) is 5.88 Å². The Hall–Kier alpha value is -1.42. The number of pyridine rings is 1. The summed E-state index contributed by atoms with van der Waals surface area (Å²) in [5.74, 6) is 0.403. The van der Waals surface area contributed by atoms with Gasteiger partial charge in [0.25, 0.3) is 0 Å². The molecule has 0 aromatic carbocycles. The van der Waals surface area contributed by atoms with Crippen LogP contribution in [0.15, 0.2) is 6.07 Å². The molecule has 0 spiro atoms. The molecule has 0 N–H and O–H groups in total. The first-order valence-electron chi connectivity index (χ1n) is 4.45. The van der Waals surface area contributed by atoms with Gasteiger partial charge in [0.2, 0.25) is 5.88 Å². The minimum Gasteiger partial charge on any atom is -0.480 e. The molecule has 2 heterocycles. The van der Waals surface area contributed by atoms with E-state index in [9.17, 15) is 4.79 Å². The molecule has 74 valence electrons. The predicted octanol–water partition coefficient (Wildman–Crippen LogP) is 0.975. The van der Waals surface area contributed by atoms with Crippen molar-refractivity contribution in [1.29, 1.82) is 0 Å². The van der Waals surface area contributed by atoms with Gasteiger partial charge in [-0.15, -0.1) is 0 Å². The topological polar surface area (TPSA) is 48.4 Å². The molecule has 2 rings (SSSR count). The van der Waals surface area contributed by atoms with Crippen molar-refractivity contribution in [2.24, 2.45) is 0 Å². The zero-order valence-electron chi connectivity index (χ0n) is 7.95. The number of nitrogens with zero attached hydrogens (tertiary/aromatic N) is 1. The highest BCUT2D eigenvalue weighted by Gasteiger charge is 2.15. The molecule has 0 radical (unpaired) electrons. The zero-order chi connectivity index (χ0) is 9.97. The molecular formula is C10H11NO3. The Kier molecular flexibility index (Phi) is 2.45. The van der Waals surface area contributed by atoms with Crippen LogP contribution in [0.3, 0.4) is 0 Å². The summed E-state index contributed by atoms with van der Waals surface area (Å²) >= 11 is 0. The van der Waals surface area contributed by atoms with Crippen molar-refractivity contribution < 1.29 is 14.3 Å². The van der Waals surface area contributed by atoms with E-state index in [0.717, 1.165) is 24.0 Å². The predicted molar refractivity (Wildman–Crippen MR) is 49.5 cm³/mol. The van der Waals surface area contributed by atoms with Gasteiger partial charge in [0.1, 0.15) is 0 Å². The quantitative estimate of drug-likeness (QED) is 0.657. The van der Waals surface area contributed by atoms with Crippen LogP contribution in [-0.2, 0) is 17.8 Å². The first-order chi connectivity index (χ1) is 6.85. The van der Waals surface area contributed by atoms with Crippen molar-refractivity contribution >= 4 is 6.29 Å². The normalized spacial score (nSPS) is 14.6. The number of aromatic nitrogens is 1. The van der Waals surface area contributed by atoms with Gasteiger partial charge in [-0.2, -0.15) is 0 Å². The fraction of sp³-hybridized carbons (Fsp3) is 0.400. The van der Waals surface area contributed by atoms with Gasteiger partial charge in [0.05, 0.1) is 31.6 Å². The Morgan fingerprint density at radius 1 is 1.64 bits per heavy atom. The van der Waals surface area contributed by atoms with Gasteiger partial charge < -0.3 is 9.47 Å². The molecule has 0 bridgehead atoms. The van der Waals surface area contributed by atoms with E-state index in [1.165, 1.54) is 7.11 Å². The van der Waals surface area contributed by atoms with Gasteiger partial charge in [0.15, 0.2) is 6.29 Å². The van der Waals surface area contributed by atoms with Crippen LogP contribution in [0.2, 0.25) is 0 Å².